The summed E-state index contributed by atoms with van der Waals surface area (Å²) in [6.07, 6.45) is 0.684. The molecule has 0 saturated heterocycles. The summed E-state index contributed by atoms with van der Waals surface area (Å²) in [6, 6.07) is 16.7. The fourth-order valence-electron chi connectivity index (χ4n) is 2.82. The number of aliphatic imine (C=N–C) groups is 1. The van der Waals surface area contributed by atoms with Crippen LogP contribution in [0.2, 0.25) is 0 Å². The van der Waals surface area contributed by atoms with Gasteiger partial charge in [0.25, 0.3) is 0 Å². The monoisotopic (exact) mass is 387 g/mol. The van der Waals surface area contributed by atoms with Gasteiger partial charge in [0.05, 0.1) is 10.6 Å². The van der Waals surface area contributed by atoms with Crippen LogP contribution in [0.3, 0.4) is 0 Å². The smallest absolute Gasteiger partial charge is 0.193 e. The molecule has 0 radical (unpaired) electrons. The molecule has 0 amide bonds. The SMILES string of the molecule is CCC(CS(=O)(=O)c1ccccc1)NC(=NC)N(C)Cc1ccc(C)cc1. The Morgan fingerprint density at radius 1 is 1.11 bits per heavy atom. The Bertz CT molecular complexity index is 847. The van der Waals surface area contributed by atoms with Crippen molar-refractivity contribution in [3.8, 4) is 0 Å². The molecule has 1 unspecified atom stereocenters. The van der Waals surface area contributed by atoms with Crippen molar-refractivity contribution in [1.82, 2.24) is 10.2 Å². The summed E-state index contributed by atoms with van der Waals surface area (Å²) in [5, 5.41) is 3.31. The second-order valence-corrected chi connectivity index (χ2v) is 8.77. The van der Waals surface area contributed by atoms with Crippen LogP contribution in [0, 0.1) is 6.92 Å². The molecular formula is C21H29N3O2S. The average molecular weight is 388 g/mol. The number of rotatable bonds is 7. The molecule has 0 heterocycles. The first-order valence-corrected chi connectivity index (χ1v) is 10.8. The van der Waals surface area contributed by atoms with Gasteiger partial charge in [-0.05, 0) is 31.0 Å². The molecule has 0 aliphatic carbocycles. The molecule has 1 N–H and O–H groups in total. The summed E-state index contributed by atoms with van der Waals surface area (Å²) in [5.74, 6) is 0.718. The third kappa shape index (κ3) is 6.10. The van der Waals surface area contributed by atoms with Crippen LogP contribution < -0.4 is 5.32 Å². The lowest BCUT2D eigenvalue weighted by atomic mass is 10.1. The molecule has 5 nitrogen and oxygen atoms in total. The van der Waals surface area contributed by atoms with E-state index in [-0.39, 0.29) is 11.8 Å². The quantitative estimate of drug-likeness (QED) is 0.585. The van der Waals surface area contributed by atoms with E-state index in [4.69, 9.17) is 0 Å². The van der Waals surface area contributed by atoms with Gasteiger partial charge in [0.1, 0.15) is 0 Å². The zero-order chi connectivity index (χ0) is 19.9. The predicted octanol–water partition coefficient (Wildman–Crippen LogP) is 3.25. The summed E-state index contributed by atoms with van der Waals surface area (Å²) < 4.78 is 25.3. The average Bonchev–Trinajstić information content (AvgIpc) is 2.67. The highest BCUT2D eigenvalue weighted by molar-refractivity contribution is 7.91. The van der Waals surface area contributed by atoms with Crippen LogP contribution in [0.1, 0.15) is 24.5 Å². The number of nitrogens with one attached hydrogen (secondary N) is 1. The number of sulfone groups is 1. The minimum atomic E-state index is -3.35. The Kier molecular flexibility index (Phi) is 7.42. The Morgan fingerprint density at radius 2 is 1.74 bits per heavy atom. The van der Waals surface area contributed by atoms with Crippen molar-refractivity contribution < 1.29 is 8.42 Å². The van der Waals surface area contributed by atoms with Crippen LogP contribution in [-0.4, -0.2) is 45.2 Å². The minimum absolute atomic E-state index is 0.0326. The van der Waals surface area contributed by atoms with Crippen molar-refractivity contribution in [3.05, 3.63) is 65.7 Å². The van der Waals surface area contributed by atoms with Gasteiger partial charge in [-0.3, -0.25) is 4.99 Å². The number of hydrogen-bond acceptors (Lipinski definition) is 3. The topological polar surface area (TPSA) is 61.8 Å². The zero-order valence-corrected chi connectivity index (χ0v) is 17.3. The maximum Gasteiger partial charge on any atom is 0.193 e. The van der Waals surface area contributed by atoms with Gasteiger partial charge >= 0.3 is 0 Å². The van der Waals surface area contributed by atoms with Gasteiger partial charge in [0.15, 0.2) is 15.8 Å². The summed E-state index contributed by atoms with van der Waals surface area (Å²) in [5.41, 5.74) is 2.40. The number of benzene rings is 2. The van der Waals surface area contributed by atoms with E-state index < -0.39 is 9.84 Å². The molecule has 146 valence electrons. The first-order chi connectivity index (χ1) is 12.9. The van der Waals surface area contributed by atoms with Crippen LogP contribution >= 0.6 is 0 Å². The van der Waals surface area contributed by atoms with Crippen molar-refractivity contribution >= 4 is 15.8 Å². The van der Waals surface area contributed by atoms with Crippen molar-refractivity contribution in [2.75, 3.05) is 19.8 Å². The highest BCUT2D eigenvalue weighted by Gasteiger charge is 2.21. The van der Waals surface area contributed by atoms with E-state index in [1.54, 1.807) is 31.3 Å². The third-order valence-corrected chi connectivity index (χ3v) is 6.29. The molecule has 0 saturated carbocycles. The van der Waals surface area contributed by atoms with Gasteiger partial charge in [-0.1, -0.05) is 55.0 Å². The molecule has 2 aromatic carbocycles. The van der Waals surface area contributed by atoms with Crippen molar-refractivity contribution in [1.29, 1.82) is 0 Å². The van der Waals surface area contributed by atoms with Crippen LogP contribution in [0.5, 0.6) is 0 Å². The maximum atomic E-state index is 12.7. The van der Waals surface area contributed by atoms with E-state index >= 15 is 0 Å². The molecule has 6 heteroatoms. The van der Waals surface area contributed by atoms with Gasteiger partial charge in [0.2, 0.25) is 0 Å². The second-order valence-electron chi connectivity index (χ2n) is 6.73. The number of aryl methyl sites for hydroxylation is 1. The fraction of sp³-hybridized carbons (Fsp3) is 0.381. The maximum absolute atomic E-state index is 12.7. The van der Waals surface area contributed by atoms with E-state index in [9.17, 15) is 8.42 Å². The van der Waals surface area contributed by atoms with Crippen LogP contribution in [-0.2, 0) is 16.4 Å². The van der Waals surface area contributed by atoms with Crippen LogP contribution in [0.15, 0.2) is 64.5 Å². The zero-order valence-electron chi connectivity index (χ0n) is 16.5. The number of hydrogen-bond donors (Lipinski definition) is 1. The van der Waals surface area contributed by atoms with Crippen LogP contribution in [0.4, 0.5) is 0 Å². The Balaban J connectivity index is 2.05. The van der Waals surface area contributed by atoms with Crippen LogP contribution in [0.25, 0.3) is 0 Å². The lowest BCUT2D eigenvalue weighted by molar-refractivity contribution is 0.460. The second kappa shape index (κ2) is 9.55. The van der Waals surface area contributed by atoms with Gasteiger partial charge in [-0.2, -0.15) is 0 Å². The minimum Gasteiger partial charge on any atom is -0.352 e. The first kappa shape index (κ1) is 21.0. The van der Waals surface area contributed by atoms with E-state index in [0.717, 1.165) is 0 Å². The summed E-state index contributed by atoms with van der Waals surface area (Å²) in [4.78, 5) is 6.69. The molecule has 0 aliphatic heterocycles. The number of guanidine groups is 1. The summed E-state index contributed by atoms with van der Waals surface area (Å²) in [7, 11) is 0.316. The van der Waals surface area contributed by atoms with E-state index in [2.05, 4.69) is 41.5 Å². The highest BCUT2D eigenvalue weighted by atomic mass is 32.2. The standard InChI is InChI=1S/C21H29N3O2S/c1-5-19(16-27(25,26)20-9-7-6-8-10-20)23-21(22-3)24(4)15-18-13-11-17(2)12-14-18/h6-14,19H,5,15-16H2,1-4H3,(H,22,23). The molecule has 0 fully saturated rings. The predicted molar refractivity (Wildman–Crippen MR) is 112 cm³/mol. The normalized spacial score (nSPS) is 13.3. The molecule has 0 aliphatic rings. The lowest BCUT2D eigenvalue weighted by Gasteiger charge is -2.26. The van der Waals surface area contributed by atoms with E-state index in [1.165, 1.54) is 11.1 Å². The van der Waals surface area contributed by atoms with E-state index in [1.807, 2.05) is 24.9 Å². The van der Waals surface area contributed by atoms with Gasteiger partial charge < -0.3 is 10.2 Å². The molecule has 0 aromatic heterocycles. The largest absolute Gasteiger partial charge is 0.352 e. The molecule has 2 aromatic rings. The molecule has 0 bridgehead atoms. The molecule has 1 atom stereocenters. The lowest BCUT2D eigenvalue weighted by Crippen LogP contribution is -2.46. The van der Waals surface area contributed by atoms with Gasteiger partial charge in [-0.15, -0.1) is 0 Å². The number of nitrogens with zero attached hydrogens (tertiary/aromatic N) is 2. The summed E-state index contributed by atoms with van der Waals surface area (Å²) >= 11 is 0. The van der Waals surface area contributed by atoms with E-state index in [0.29, 0.717) is 23.8 Å². The van der Waals surface area contributed by atoms with Gasteiger partial charge in [0, 0.05) is 26.7 Å². The fourth-order valence-corrected chi connectivity index (χ4v) is 4.43. The Morgan fingerprint density at radius 3 is 2.30 bits per heavy atom. The highest BCUT2D eigenvalue weighted by Crippen LogP contribution is 2.13. The van der Waals surface area contributed by atoms with Crippen molar-refractivity contribution in [2.45, 2.75) is 37.8 Å². The van der Waals surface area contributed by atoms with Gasteiger partial charge in [-0.25, -0.2) is 8.42 Å². The van der Waals surface area contributed by atoms with Crippen molar-refractivity contribution in [2.24, 2.45) is 4.99 Å². The molecule has 27 heavy (non-hydrogen) atoms. The molecular weight excluding hydrogens is 358 g/mol. The molecule has 2 rings (SSSR count). The Hall–Kier alpha value is -2.34. The first-order valence-electron chi connectivity index (χ1n) is 9.13. The third-order valence-electron chi connectivity index (χ3n) is 4.46. The van der Waals surface area contributed by atoms with Crippen molar-refractivity contribution in [3.63, 3.8) is 0 Å². The molecule has 0 spiro atoms. The Labute approximate surface area is 163 Å². The summed E-state index contributed by atoms with van der Waals surface area (Å²) in [6.45, 7) is 4.74.